The largest absolute Gasteiger partial charge is 0.444 e. The Bertz CT molecular complexity index is 1100. The van der Waals surface area contributed by atoms with E-state index in [0.717, 1.165) is 0 Å². The first kappa shape index (κ1) is 20.4. The second-order valence-corrected chi connectivity index (χ2v) is 8.73. The Kier molecular flexibility index (Phi) is 6.12. The number of nitrogens with one attached hydrogen (secondary N) is 1. The number of anilines is 2. The highest BCUT2D eigenvalue weighted by Crippen LogP contribution is 2.30. The summed E-state index contributed by atoms with van der Waals surface area (Å²) >= 11 is 9.31. The predicted molar refractivity (Wildman–Crippen MR) is 112 cm³/mol. The standard InChI is InChI=1S/C19H16BrClN2O4S/c1-2-23(14-6-4-3-5-7-14)28(25,26)17-12-13(8-9-15(17)21)22-19(24)16-10-11-18(20)27-16/h3-12H,2H2,1H3,(H,22,24). The van der Waals surface area contributed by atoms with Crippen LogP contribution < -0.4 is 9.62 Å². The predicted octanol–water partition coefficient (Wildman–Crippen LogP) is 5.16. The van der Waals surface area contributed by atoms with E-state index < -0.39 is 15.9 Å². The summed E-state index contributed by atoms with van der Waals surface area (Å²) in [7, 11) is -3.93. The maximum Gasteiger partial charge on any atom is 0.291 e. The maximum atomic E-state index is 13.2. The number of benzene rings is 2. The van der Waals surface area contributed by atoms with Gasteiger partial charge in [0, 0.05) is 12.2 Å². The van der Waals surface area contributed by atoms with E-state index in [2.05, 4.69) is 21.2 Å². The van der Waals surface area contributed by atoms with Gasteiger partial charge in [0.15, 0.2) is 10.4 Å². The van der Waals surface area contributed by atoms with Crippen molar-refractivity contribution in [3.05, 3.63) is 76.1 Å². The Morgan fingerprint density at radius 3 is 2.46 bits per heavy atom. The summed E-state index contributed by atoms with van der Waals surface area (Å²) in [6.45, 7) is 1.96. The van der Waals surface area contributed by atoms with Gasteiger partial charge in [-0.25, -0.2) is 8.42 Å². The fourth-order valence-corrected chi connectivity index (χ4v) is 4.90. The van der Waals surface area contributed by atoms with Crippen molar-refractivity contribution in [3.63, 3.8) is 0 Å². The van der Waals surface area contributed by atoms with Crippen LogP contribution in [0.4, 0.5) is 11.4 Å². The Morgan fingerprint density at radius 2 is 1.86 bits per heavy atom. The molecule has 0 radical (unpaired) electrons. The lowest BCUT2D eigenvalue weighted by atomic mass is 10.3. The molecule has 0 aliphatic carbocycles. The van der Waals surface area contributed by atoms with Crippen LogP contribution in [0.15, 0.2) is 74.6 Å². The third kappa shape index (κ3) is 4.24. The van der Waals surface area contributed by atoms with Crippen molar-refractivity contribution in [1.82, 2.24) is 0 Å². The molecule has 28 heavy (non-hydrogen) atoms. The van der Waals surface area contributed by atoms with Crippen LogP contribution >= 0.6 is 27.5 Å². The average Bonchev–Trinajstić information content (AvgIpc) is 3.11. The molecule has 1 amide bonds. The molecule has 1 aromatic heterocycles. The van der Waals surface area contributed by atoms with Gasteiger partial charge >= 0.3 is 0 Å². The Hall–Kier alpha value is -2.29. The smallest absolute Gasteiger partial charge is 0.291 e. The minimum atomic E-state index is -3.93. The zero-order valence-electron chi connectivity index (χ0n) is 14.7. The quantitative estimate of drug-likeness (QED) is 0.525. The summed E-state index contributed by atoms with van der Waals surface area (Å²) in [5, 5.41) is 2.68. The number of amides is 1. The Morgan fingerprint density at radius 1 is 1.14 bits per heavy atom. The topological polar surface area (TPSA) is 79.6 Å². The van der Waals surface area contributed by atoms with Crippen LogP contribution in [0.5, 0.6) is 0 Å². The summed E-state index contributed by atoms with van der Waals surface area (Å²) < 4.78 is 33.3. The molecule has 0 aliphatic rings. The molecular weight excluding hydrogens is 468 g/mol. The van der Waals surface area contributed by atoms with Crippen molar-refractivity contribution in [1.29, 1.82) is 0 Å². The number of para-hydroxylation sites is 1. The van der Waals surface area contributed by atoms with Gasteiger partial charge in [0.2, 0.25) is 0 Å². The molecule has 0 unspecified atom stereocenters. The van der Waals surface area contributed by atoms with Crippen molar-refractivity contribution < 1.29 is 17.6 Å². The van der Waals surface area contributed by atoms with Gasteiger partial charge in [0.25, 0.3) is 15.9 Å². The zero-order valence-corrected chi connectivity index (χ0v) is 17.9. The van der Waals surface area contributed by atoms with E-state index in [1.165, 1.54) is 28.6 Å². The molecule has 3 rings (SSSR count). The molecule has 0 aliphatic heterocycles. The van der Waals surface area contributed by atoms with Crippen molar-refractivity contribution in [3.8, 4) is 0 Å². The lowest BCUT2D eigenvalue weighted by Crippen LogP contribution is -2.31. The summed E-state index contributed by atoms with van der Waals surface area (Å²) in [5.41, 5.74) is 0.806. The zero-order chi connectivity index (χ0) is 20.3. The van der Waals surface area contributed by atoms with Crippen LogP contribution in [0.2, 0.25) is 5.02 Å². The molecule has 0 bridgehead atoms. The minimum Gasteiger partial charge on any atom is -0.444 e. The lowest BCUT2D eigenvalue weighted by molar-refractivity contribution is 0.0995. The molecular formula is C19H16BrClN2O4S. The van der Waals surface area contributed by atoms with Crippen LogP contribution in [0.25, 0.3) is 0 Å². The van der Waals surface area contributed by atoms with E-state index in [-0.39, 0.29) is 27.9 Å². The number of hydrogen-bond acceptors (Lipinski definition) is 4. The maximum absolute atomic E-state index is 13.2. The van der Waals surface area contributed by atoms with Crippen molar-refractivity contribution >= 4 is 54.8 Å². The van der Waals surface area contributed by atoms with E-state index in [4.69, 9.17) is 16.0 Å². The molecule has 6 nitrogen and oxygen atoms in total. The normalized spacial score (nSPS) is 11.2. The second kappa shape index (κ2) is 8.38. The highest BCUT2D eigenvalue weighted by Gasteiger charge is 2.26. The van der Waals surface area contributed by atoms with Gasteiger partial charge in [0.05, 0.1) is 10.7 Å². The van der Waals surface area contributed by atoms with Crippen molar-refractivity contribution in [2.24, 2.45) is 0 Å². The fourth-order valence-electron chi connectivity index (χ4n) is 2.61. The summed E-state index contributed by atoms with van der Waals surface area (Å²) in [5.74, 6) is -0.419. The SMILES string of the molecule is CCN(c1ccccc1)S(=O)(=O)c1cc(NC(=O)c2ccc(Br)o2)ccc1Cl. The molecule has 1 heterocycles. The van der Waals surface area contributed by atoms with Gasteiger partial charge in [-0.1, -0.05) is 29.8 Å². The Labute approximate surface area is 176 Å². The molecule has 146 valence electrons. The van der Waals surface area contributed by atoms with Crippen molar-refractivity contribution in [2.45, 2.75) is 11.8 Å². The molecule has 0 saturated heterocycles. The number of nitrogens with zero attached hydrogens (tertiary/aromatic N) is 1. The highest BCUT2D eigenvalue weighted by atomic mass is 79.9. The van der Waals surface area contributed by atoms with Crippen LogP contribution in [0.1, 0.15) is 17.5 Å². The van der Waals surface area contributed by atoms with E-state index >= 15 is 0 Å². The molecule has 0 atom stereocenters. The Balaban J connectivity index is 1.95. The lowest BCUT2D eigenvalue weighted by Gasteiger charge is -2.23. The number of sulfonamides is 1. The molecule has 0 saturated carbocycles. The van der Waals surface area contributed by atoms with Gasteiger partial charge < -0.3 is 9.73 Å². The van der Waals surface area contributed by atoms with Crippen LogP contribution in [-0.2, 0) is 10.0 Å². The van der Waals surface area contributed by atoms with Crippen LogP contribution in [-0.4, -0.2) is 20.9 Å². The number of halogens is 2. The average molecular weight is 484 g/mol. The summed E-state index contributed by atoms with van der Waals surface area (Å²) in [6, 6.07) is 16.1. The van der Waals surface area contributed by atoms with E-state index in [9.17, 15) is 13.2 Å². The van der Waals surface area contributed by atoms with E-state index in [0.29, 0.717) is 10.4 Å². The number of hydrogen-bond donors (Lipinski definition) is 1. The molecule has 1 N–H and O–H groups in total. The molecule has 0 spiro atoms. The first-order valence-corrected chi connectivity index (χ1v) is 10.9. The molecule has 0 fully saturated rings. The monoisotopic (exact) mass is 482 g/mol. The molecule has 3 aromatic rings. The fraction of sp³-hybridized carbons (Fsp3) is 0.105. The number of furan rings is 1. The van der Waals surface area contributed by atoms with Gasteiger partial charge in [0.1, 0.15) is 4.90 Å². The van der Waals surface area contributed by atoms with Gasteiger partial charge in [-0.15, -0.1) is 0 Å². The van der Waals surface area contributed by atoms with Gasteiger partial charge in [-0.3, -0.25) is 9.10 Å². The molecule has 9 heteroatoms. The van der Waals surface area contributed by atoms with Crippen LogP contribution in [0, 0.1) is 0 Å². The molecule has 2 aromatic carbocycles. The second-order valence-electron chi connectivity index (χ2n) is 5.71. The van der Waals surface area contributed by atoms with Crippen LogP contribution in [0.3, 0.4) is 0 Å². The highest BCUT2D eigenvalue weighted by molar-refractivity contribution is 9.10. The first-order valence-electron chi connectivity index (χ1n) is 8.27. The van der Waals surface area contributed by atoms with Crippen molar-refractivity contribution in [2.75, 3.05) is 16.2 Å². The third-order valence-electron chi connectivity index (χ3n) is 3.89. The van der Waals surface area contributed by atoms with Gasteiger partial charge in [-0.05, 0) is 65.3 Å². The third-order valence-corrected chi connectivity index (χ3v) is 6.70. The number of carbonyl (C=O) groups is 1. The summed E-state index contributed by atoms with van der Waals surface area (Å²) in [6.07, 6.45) is 0. The number of carbonyl (C=O) groups excluding carboxylic acids is 1. The van der Waals surface area contributed by atoms with E-state index in [1.807, 2.05) is 0 Å². The van der Waals surface area contributed by atoms with Gasteiger partial charge in [-0.2, -0.15) is 0 Å². The minimum absolute atomic E-state index is 0.0631. The first-order chi connectivity index (χ1) is 13.3. The van der Waals surface area contributed by atoms with E-state index in [1.54, 1.807) is 43.3 Å². The number of rotatable bonds is 6. The summed E-state index contributed by atoms with van der Waals surface area (Å²) in [4.78, 5) is 12.2.